The third kappa shape index (κ3) is 5.56. The molecule has 0 radical (unpaired) electrons. The van der Waals surface area contributed by atoms with Crippen LogP contribution >= 0.6 is 15.9 Å². The molecule has 148 valence electrons. The van der Waals surface area contributed by atoms with E-state index in [1.165, 1.54) is 0 Å². The summed E-state index contributed by atoms with van der Waals surface area (Å²) in [4.78, 5) is 24.5. The molecule has 0 unspecified atom stereocenters. The molecule has 0 aliphatic rings. The van der Waals surface area contributed by atoms with Crippen LogP contribution in [-0.2, 0) is 4.79 Å². The molecule has 7 nitrogen and oxygen atoms in total. The Bertz CT molecular complexity index is 882. The molecule has 0 aromatic heterocycles. The van der Waals surface area contributed by atoms with Crippen LogP contribution in [0.4, 0.5) is 0 Å². The van der Waals surface area contributed by atoms with Gasteiger partial charge in [0.1, 0.15) is 17.5 Å². The van der Waals surface area contributed by atoms with Crippen molar-refractivity contribution in [2.75, 3.05) is 14.2 Å². The van der Waals surface area contributed by atoms with Crippen molar-refractivity contribution in [2.24, 2.45) is 5.10 Å². The van der Waals surface area contributed by atoms with Crippen molar-refractivity contribution in [1.82, 2.24) is 10.7 Å². The van der Waals surface area contributed by atoms with Crippen molar-refractivity contribution in [1.29, 1.82) is 0 Å². The second-order valence-corrected chi connectivity index (χ2v) is 6.86. The van der Waals surface area contributed by atoms with Crippen LogP contribution in [-0.4, -0.2) is 37.8 Å². The largest absolute Gasteiger partial charge is 0.497 e. The number of halogens is 1. The molecule has 0 fully saturated rings. The molecule has 0 aliphatic heterocycles. The average molecular weight is 448 g/mol. The lowest BCUT2D eigenvalue weighted by Gasteiger charge is -2.13. The molecule has 0 saturated carbocycles. The zero-order valence-corrected chi connectivity index (χ0v) is 17.7. The van der Waals surface area contributed by atoms with Crippen LogP contribution in [0.5, 0.6) is 11.5 Å². The molecule has 2 N–H and O–H groups in total. The minimum absolute atomic E-state index is 0.340. The fraction of sp³-hybridized carbons (Fsp3) is 0.250. The van der Waals surface area contributed by atoms with Gasteiger partial charge in [-0.05, 0) is 50.2 Å². The SMILES string of the molecule is COc1ccc(/C(C)=N\NC(=O)[C@@H](C)NC(=O)c2ccc(Br)cc2)c(OC)c1. The second kappa shape index (κ2) is 9.89. The highest BCUT2D eigenvalue weighted by molar-refractivity contribution is 9.10. The molecule has 2 aromatic carbocycles. The lowest BCUT2D eigenvalue weighted by atomic mass is 10.1. The van der Waals surface area contributed by atoms with Gasteiger partial charge >= 0.3 is 0 Å². The Morgan fingerprint density at radius 1 is 1.07 bits per heavy atom. The fourth-order valence-electron chi connectivity index (χ4n) is 2.34. The van der Waals surface area contributed by atoms with Gasteiger partial charge in [0.15, 0.2) is 0 Å². The maximum absolute atomic E-state index is 12.3. The van der Waals surface area contributed by atoms with Gasteiger partial charge in [-0.3, -0.25) is 9.59 Å². The molecular weight excluding hydrogens is 426 g/mol. The lowest BCUT2D eigenvalue weighted by molar-refractivity contribution is -0.122. The van der Waals surface area contributed by atoms with Crippen LogP contribution in [0.3, 0.4) is 0 Å². The third-order valence-electron chi connectivity index (χ3n) is 3.98. The highest BCUT2D eigenvalue weighted by atomic mass is 79.9. The predicted octanol–water partition coefficient (Wildman–Crippen LogP) is 3.13. The summed E-state index contributed by atoms with van der Waals surface area (Å²) in [5.41, 5.74) is 4.20. The highest BCUT2D eigenvalue weighted by Gasteiger charge is 2.17. The summed E-state index contributed by atoms with van der Waals surface area (Å²) in [6.07, 6.45) is 0. The van der Waals surface area contributed by atoms with Crippen LogP contribution in [0.15, 0.2) is 52.0 Å². The van der Waals surface area contributed by atoms with Crippen molar-refractivity contribution in [3.8, 4) is 11.5 Å². The number of hydrogen-bond donors (Lipinski definition) is 2. The standard InChI is InChI=1S/C20H22BrN3O4/c1-12(17-10-9-16(27-3)11-18(17)28-4)23-24-19(25)13(2)22-20(26)14-5-7-15(21)8-6-14/h5-11,13H,1-4H3,(H,22,26)(H,24,25)/b23-12-/t13-/m1/s1. The number of nitrogens with zero attached hydrogens (tertiary/aromatic N) is 1. The van der Waals surface area contributed by atoms with E-state index in [-0.39, 0.29) is 5.91 Å². The van der Waals surface area contributed by atoms with Gasteiger partial charge < -0.3 is 14.8 Å². The summed E-state index contributed by atoms with van der Waals surface area (Å²) >= 11 is 3.31. The highest BCUT2D eigenvalue weighted by Crippen LogP contribution is 2.25. The van der Waals surface area contributed by atoms with Crippen molar-refractivity contribution in [3.63, 3.8) is 0 Å². The van der Waals surface area contributed by atoms with E-state index in [0.717, 1.165) is 10.0 Å². The number of methoxy groups -OCH3 is 2. The van der Waals surface area contributed by atoms with E-state index >= 15 is 0 Å². The van der Waals surface area contributed by atoms with Gasteiger partial charge in [0, 0.05) is 21.7 Å². The van der Waals surface area contributed by atoms with E-state index in [2.05, 4.69) is 31.8 Å². The van der Waals surface area contributed by atoms with Gasteiger partial charge in [-0.15, -0.1) is 0 Å². The number of carbonyl (C=O) groups is 2. The number of hydrogen-bond acceptors (Lipinski definition) is 5. The van der Waals surface area contributed by atoms with Gasteiger partial charge in [-0.25, -0.2) is 5.43 Å². The van der Waals surface area contributed by atoms with Crippen molar-refractivity contribution >= 4 is 33.5 Å². The molecule has 1 atom stereocenters. The van der Waals surface area contributed by atoms with Crippen LogP contribution in [0.25, 0.3) is 0 Å². The van der Waals surface area contributed by atoms with Crippen LogP contribution in [0.2, 0.25) is 0 Å². The molecule has 0 aliphatic carbocycles. The van der Waals surface area contributed by atoms with Gasteiger partial charge in [-0.2, -0.15) is 5.10 Å². The van der Waals surface area contributed by atoms with Crippen molar-refractivity contribution in [3.05, 3.63) is 58.1 Å². The third-order valence-corrected chi connectivity index (χ3v) is 4.51. The summed E-state index contributed by atoms with van der Waals surface area (Å²) in [5, 5.41) is 6.75. The average Bonchev–Trinajstić information content (AvgIpc) is 2.71. The Kier molecular flexibility index (Phi) is 7.57. The number of rotatable bonds is 7. The Morgan fingerprint density at radius 2 is 1.75 bits per heavy atom. The van der Waals surface area contributed by atoms with E-state index in [1.807, 2.05) is 0 Å². The molecule has 0 saturated heterocycles. The molecule has 2 rings (SSSR count). The van der Waals surface area contributed by atoms with Gasteiger partial charge in [0.25, 0.3) is 11.8 Å². The molecule has 2 amide bonds. The molecule has 8 heteroatoms. The van der Waals surface area contributed by atoms with Gasteiger partial charge in [0.2, 0.25) is 0 Å². The first-order valence-corrected chi connectivity index (χ1v) is 9.28. The van der Waals surface area contributed by atoms with E-state index < -0.39 is 11.9 Å². The first-order valence-electron chi connectivity index (χ1n) is 8.48. The zero-order chi connectivity index (χ0) is 20.7. The first-order chi connectivity index (χ1) is 13.3. The molecule has 0 heterocycles. The van der Waals surface area contributed by atoms with E-state index in [1.54, 1.807) is 70.5 Å². The Hall–Kier alpha value is -2.87. The van der Waals surface area contributed by atoms with Crippen LogP contribution in [0.1, 0.15) is 29.8 Å². The smallest absolute Gasteiger partial charge is 0.262 e. The number of benzene rings is 2. The van der Waals surface area contributed by atoms with Crippen LogP contribution in [0, 0.1) is 0 Å². The first kappa shape index (κ1) is 21.4. The van der Waals surface area contributed by atoms with E-state index in [4.69, 9.17) is 9.47 Å². The van der Waals surface area contributed by atoms with Gasteiger partial charge in [-0.1, -0.05) is 15.9 Å². The quantitative estimate of drug-likeness (QED) is 0.503. The van der Waals surface area contributed by atoms with Crippen molar-refractivity contribution in [2.45, 2.75) is 19.9 Å². The minimum atomic E-state index is -0.759. The zero-order valence-electron chi connectivity index (χ0n) is 16.1. The summed E-state index contributed by atoms with van der Waals surface area (Å²) in [6, 6.07) is 11.4. The maximum Gasteiger partial charge on any atom is 0.262 e. The summed E-state index contributed by atoms with van der Waals surface area (Å²) < 4.78 is 11.4. The molecule has 28 heavy (non-hydrogen) atoms. The molecule has 2 aromatic rings. The molecular formula is C20H22BrN3O4. The monoisotopic (exact) mass is 447 g/mol. The van der Waals surface area contributed by atoms with E-state index in [9.17, 15) is 9.59 Å². The summed E-state index contributed by atoms with van der Waals surface area (Å²) in [7, 11) is 3.11. The Labute approximate surface area is 172 Å². The maximum atomic E-state index is 12.3. The van der Waals surface area contributed by atoms with Crippen LogP contribution < -0.4 is 20.2 Å². The number of hydrazone groups is 1. The number of carbonyl (C=O) groups excluding carboxylic acids is 2. The number of amides is 2. The Morgan fingerprint density at radius 3 is 2.36 bits per heavy atom. The Balaban J connectivity index is 2.01. The predicted molar refractivity (Wildman–Crippen MR) is 111 cm³/mol. The van der Waals surface area contributed by atoms with Gasteiger partial charge in [0.05, 0.1) is 19.9 Å². The number of ether oxygens (including phenoxy) is 2. The molecule has 0 spiro atoms. The number of nitrogens with one attached hydrogen (secondary N) is 2. The fourth-order valence-corrected chi connectivity index (χ4v) is 2.60. The minimum Gasteiger partial charge on any atom is -0.497 e. The van der Waals surface area contributed by atoms with E-state index in [0.29, 0.717) is 22.8 Å². The lowest BCUT2D eigenvalue weighted by Crippen LogP contribution is -2.43. The molecule has 0 bridgehead atoms. The summed E-state index contributed by atoms with van der Waals surface area (Å²) in [6.45, 7) is 3.33. The van der Waals surface area contributed by atoms with Crippen molar-refractivity contribution < 1.29 is 19.1 Å². The topological polar surface area (TPSA) is 89.0 Å². The summed E-state index contributed by atoms with van der Waals surface area (Å²) in [5.74, 6) is 0.457. The second-order valence-electron chi connectivity index (χ2n) is 5.94. The normalized spacial score (nSPS) is 12.1.